The maximum atomic E-state index is 13.2. The van der Waals surface area contributed by atoms with Crippen LogP contribution in [0.3, 0.4) is 0 Å². The third-order valence-electron chi connectivity index (χ3n) is 2.41. The van der Waals surface area contributed by atoms with Crippen LogP contribution in [0.5, 0.6) is 0 Å². The fourth-order valence-corrected chi connectivity index (χ4v) is 1.71. The Morgan fingerprint density at radius 2 is 2.06 bits per heavy atom. The number of nitrogen functional groups attached to an aromatic ring is 1. The molecule has 5 heteroatoms. The molecule has 0 aliphatic carbocycles. The van der Waals surface area contributed by atoms with Gasteiger partial charge in [-0.05, 0) is 39.0 Å². The van der Waals surface area contributed by atoms with Gasteiger partial charge in [0.1, 0.15) is 5.82 Å². The quantitative estimate of drug-likeness (QED) is 0.803. The van der Waals surface area contributed by atoms with Crippen molar-refractivity contribution in [1.29, 1.82) is 0 Å². The zero-order valence-corrected chi connectivity index (χ0v) is 10.9. The van der Waals surface area contributed by atoms with Crippen LogP contribution in [0.1, 0.15) is 31.1 Å². The second-order valence-electron chi connectivity index (χ2n) is 4.91. The summed E-state index contributed by atoms with van der Waals surface area (Å²) in [6.07, 6.45) is 0. The van der Waals surface area contributed by atoms with Crippen molar-refractivity contribution in [3.8, 4) is 0 Å². The molecule has 0 fully saturated rings. The van der Waals surface area contributed by atoms with E-state index in [0.717, 1.165) is 12.1 Å². The van der Waals surface area contributed by atoms with Crippen molar-refractivity contribution in [2.75, 3.05) is 18.8 Å². The van der Waals surface area contributed by atoms with Crippen LogP contribution in [0, 0.1) is 5.82 Å². The van der Waals surface area contributed by atoms with Crippen molar-refractivity contribution in [1.82, 2.24) is 4.90 Å². The smallest absolute Gasteiger partial charge is 0.254 e. The van der Waals surface area contributed by atoms with Crippen molar-refractivity contribution >= 4 is 11.6 Å². The molecule has 0 aliphatic rings. The van der Waals surface area contributed by atoms with Crippen LogP contribution >= 0.6 is 0 Å². The number of anilines is 1. The number of amides is 1. The fourth-order valence-electron chi connectivity index (χ4n) is 1.71. The minimum atomic E-state index is -0.995. The molecule has 18 heavy (non-hydrogen) atoms. The lowest BCUT2D eigenvalue weighted by atomic mass is 10.1. The number of nitrogens with two attached hydrogens (primary N) is 1. The van der Waals surface area contributed by atoms with E-state index in [-0.39, 0.29) is 23.7 Å². The fraction of sp³-hybridized carbons (Fsp3) is 0.462. The van der Waals surface area contributed by atoms with Crippen LogP contribution in [0.4, 0.5) is 10.1 Å². The van der Waals surface area contributed by atoms with Gasteiger partial charge in [0.2, 0.25) is 0 Å². The Hall–Kier alpha value is -1.62. The number of carbonyl (C=O) groups excluding carboxylic acids is 1. The molecular formula is C13H19FN2O2. The van der Waals surface area contributed by atoms with Gasteiger partial charge in [-0.15, -0.1) is 0 Å². The number of carbonyl (C=O) groups is 1. The van der Waals surface area contributed by atoms with E-state index >= 15 is 0 Å². The number of aliphatic hydroxyl groups is 1. The lowest BCUT2D eigenvalue weighted by Gasteiger charge is -2.28. The zero-order chi connectivity index (χ0) is 13.9. The molecule has 0 radical (unpaired) electrons. The summed E-state index contributed by atoms with van der Waals surface area (Å²) >= 11 is 0. The van der Waals surface area contributed by atoms with Crippen molar-refractivity contribution < 1.29 is 14.3 Å². The van der Waals surface area contributed by atoms with E-state index in [2.05, 4.69) is 0 Å². The van der Waals surface area contributed by atoms with Crippen LogP contribution in [-0.4, -0.2) is 34.6 Å². The maximum absolute atomic E-state index is 13.2. The Balaban J connectivity index is 2.96. The summed E-state index contributed by atoms with van der Waals surface area (Å²) in [5, 5.41) is 9.73. The molecule has 0 atom stereocenters. The molecule has 0 saturated carbocycles. The van der Waals surface area contributed by atoms with E-state index in [1.165, 1.54) is 11.0 Å². The highest BCUT2D eigenvalue weighted by molar-refractivity contribution is 5.95. The highest BCUT2D eigenvalue weighted by Crippen LogP contribution is 2.15. The Kier molecular flexibility index (Phi) is 4.29. The first-order valence-electron chi connectivity index (χ1n) is 5.80. The highest BCUT2D eigenvalue weighted by Gasteiger charge is 2.22. The molecule has 0 bridgehead atoms. The summed E-state index contributed by atoms with van der Waals surface area (Å²) in [4.78, 5) is 13.6. The van der Waals surface area contributed by atoms with Crippen LogP contribution in [0.25, 0.3) is 0 Å². The molecule has 1 aromatic rings. The van der Waals surface area contributed by atoms with Gasteiger partial charge in [-0.25, -0.2) is 4.39 Å². The Labute approximate surface area is 106 Å². The lowest BCUT2D eigenvalue weighted by molar-refractivity contribution is 0.0314. The van der Waals surface area contributed by atoms with Crippen LogP contribution in [0.15, 0.2) is 18.2 Å². The molecule has 0 unspecified atom stereocenters. The number of hydrogen-bond acceptors (Lipinski definition) is 3. The monoisotopic (exact) mass is 254 g/mol. The number of likely N-dealkylation sites (N-methyl/N-ethyl adjacent to an activating group) is 1. The number of hydrogen-bond donors (Lipinski definition) is 2. The van der Waals surface area contributed by atoms with Gasteiger partial charge in [0, 0.05) is 24.3 Å². The molecule has 0 spiro atoms. The van der Waals surface area contributed by atoms with Gasteiger partial charge in [0.15, 0.2) is 0 Å². The summed E-state index contributed by atoms with van der Waals surface area (Å²) in [6, 6.07) is 3.73. The van der Waals surface area contributed by atoms with E-state index in [1.807, 2.05) is 0 Å². The highest BCUT2D eigenvalue weighted by atomic mass is 19.1. The minimum absolute atomic E-state index is 0.179. The molecule has 0 saturated heterocycles. The summed E-state index contributed by atoms with van der Waals surface area (Å²) < 4.78 is 13.2. The van der Waals surface area contributed by atoms with Crippen LogP contribution in [0.2, 0.25) is 0 Å². The van der Waals surface area contributed by atoms with E-state index in [9.17, 15) is 14.3 Å². The Morgan fingerprint density at radius 3 is 2.50 bits per heavy atom. The van der Waals surface area contributed by atoms with Gasteiger partial charge in [0.25, 0.3) is 5.91 Å². The third-order valence-corrected chi connectivity index (χ3v) is 2.41. The predicted molar refractivity (Wildman–Crippen MR) is 68.7 cm³/mol. The first-order chi connectivity index (χ1) is 8.23. The number of rotatable bonds is 4. The average molecular weight is 254 g/mol. The molecule has 0 heterocycles. The minimum Gasteiger partial charge on any atom is -0.399 e. The number of nitrogens with zero attached hydrogens (tertiary/aromatic N) is 1. The van der Waals surface area contributed by atoms with Gasteiger partial charge >= 0.3 is 0 Å². The van der Waals surface area contributed by atoms with Crippen molar-refractivity contribution in [3.63, 3.8) is 0 Å². The zero-order valence-electron chi connectivity index (χ0n) is 10.9. The second-order valence-corrected chi connectivity index (χ2v) is 4.91. The van der Waals surface area contributed by atoms with Crippen LogP contribution < -0.4 is 5.73 Å². The summed E-state index contributed by atoms with van der Waals surface area (Å²) in [5.74, 6) is -0.886. The van der Waals surface area contributed by atoms with E-state index in [4.69, 9.17) is 5.73 Å². The lowest BCUT2D eigenvalue weighted by Crippen LogP contribution is -2.42. The van der Waals surface area contributed by atoms with Crippen molar-refractivity contribution in [2.24, 2.45) is 0 Å². The standard InChI is InChI=1S/C13H19FN2O2/c1-4-16(8-13(2,3)18)12(17)9-5-10(14)7-11(15)6-9/h5-7,18H,4,8,15H2,1-3H3. The predicted octanol–water partition coefficient (Wildman–Crippen LogP) is 1.64. The molecular weight excluding hydrogens is 235 g/mol. The molecule has 1 rings (SSSR count). The van der Waals surface area contributed by atoms with Crippen molar-refractivity contribution in [2.45, 2.75) is 26.4 Å². The molecule has 0 aliphatic heterocycles. The van der Waals surface area contributed by atoms with Gasteiger partial charge in [-0.2, -0.15) is 0 Å². The van der Waals surface area contributed by atoms with Gasteiger partial charge < -0.3 is 15.7 Å². The van der Waals surface area contributed by atoms with Gasteiger partial charge in [-0.1, -0.05) is 0 Å². The summed E-state index contributed by atoms with van der Waals surface area (Å²) in [6.45, 7) is 5.63. The van der Waals surface area contributed by atoms with Gasteiger partial charge in [-0.3, -0.25) is 4.79 Å². The number of halogens is 1. The Morgan fingerprint density at radius 1 is 1.44 bits per heavy atom. The SMILES string of the molecule is CCN(CC(C)(C)O)C(=O)c1cc(N)cc(F)c1. The maximum Gasteiger partial charge on any atom is 0.254 e. The molecule has 4 nitrogen and oxygen atoms in total. The topological polar surface area (TPSA) is 66.6 Å². The largest absolute Gasteiger partial charge is 0.399 e. The molecule has 3 N–H and O–H groups in total. The first kappa shape index (κ1) is 14.4. The molecule has 1 aromatic carbocycles. The van der Waals surface area contributed by atoms with E-state index < -0.39 is 11.4 Å². The first-order valence-corrected chi connectivity index (χ1v) is 5.80. The average Bonchev–Trinajstić information content (AvgIpc) is 2.22. The van der Waals surface area contributed by atoms with E-state index in [0.29, 0.717) is 6.54 Å². The Bertz CT molecular complexity index is 421. The van der Waals surface area contributed by atoms with Crippen LogP contribution in [-0.2, 0) is 0 Å². The molecule has 100 valence electrons. The number of benzene rings is 1. The van der Waals surface area contributed by atoms with Gasteiger partial charge in [0.05, 0.1) is 5.60 Å². The molecule has 0 aromatic heterocycles. The summed E-state index contributed by atoms with van der Waals surface area (Å²) in [7, 11) is 0. The second kappa shape index (κ2) is 5.35. The summed E-state index contributed by atoms with van der Waals surface area (Å²) in [5.41, 5.74) is 4.91. The van der Waals surface area contributed by atoms with E-state index in [1.54, 1.807) is 20.8 Å². The van der Waals surface area contributed by atoms with Crippen molar-refractivity contribution in [3.05, 3.63) is 29.6 Å². The third kappa shape index (κ3) is 4.00. The molecule has 1 amide bonds. The normalized spacial score (nSPS) is 11.4.